The minimum Gasteiger partial charge on any atom is -0.393 e. The summed E-state index contributed by atoms with van der Waals surface area (Å²) in [5.74, 6) is 0. The Morgan fingerprint density at radius 3 is 2.70 bits per heavy atom. The topological polar surface area (TPSA) is 20.2 Å². The molecular weight excluding hydrogens is 124 g/mol. The first-order valence-electron chi connectivity index (χ1n) is 4.10. The van der Waals surface area contributed by atoms with Gasteiger partial charge in [0, 0.05) is 0 Å². The highest BCUT2D eigenvalue weighted by atomic mass is 16.3. The fourth-order valence-corrected chi connectivity index (χ4v) is 0.851. The maximum Gasteiger partial charge on any atom is 0.0574 e. The number of aliphatic hydroxyl groups is 1. The summed E-state index contributed by atoms with van der Waals surface area (Å²) in [7, 11) is 0. The van der Waals surface area contributed by atoms with Crippen molar-refractivity contribution in [3.05, 3.63) is 12.2 Å². The van der Waals surface area contributed by atoms with E-state index in [4.69, 9.17) is 0 Å². The van der Waals surface area contributed by atoms with Crippen LogP contribution in [0.2, 0.25) is 0 Å². The van der Waals surface area contributed by atoms with Gasteiger partial charge in [-0.1, -0.05) is 31.9 Å². The van der Waals surface area contributed by atoms with Gasteiger partial charge >= 0.3 is 0 Å². The SMILES string of the molecule is CC=CCC(O)CCCC. The Morgan fingerprint density at radius 1 is 1.50 bits per heavy atom. The zero-order chi connectivity index (χ0) is 7.82. The normalized spacial score (nSPS) is 14.3. The molecule has 1 N–H and O–H groups in total. The quantitative estimate of drug-likeness (QED) is 0.585. The van der Waals surface area contributed by atoms with E-state index in [9.17, 15) is 5.11 Å². The molecule has 0 aliphatic heterocycles. The van der Waals surface area contributed by atoms with E-state index in [1.807, 2.05) is 19.1 Å². The number of hydrogen-bond donors (Lipinski definition) is 1. The van der Waals surface area contributed by atoms with Crippen LogP contribution in [0.3, 0.4) is 0 Å². The summed E-state index contributed by atoms with van der Waals surface area (Å²) in [5.41, 5.74) is 0. The fraction of sp³-hybridized carbons (Fsp3) is 0.778. The van der Waals surface area contributed by atoms with Crippen molar-refractivity contribution < 1.29 is 5.11 Å². The largest absolute Gasteiger partial charge is 0.393 e. The van der Waals surface area contributed by atoms with Gasteiger partial charge in [-0.3, -0.25) is 0 Å². The molecule has 0 rings (SSSR count). The number of unbranched alkanes of at least 4 members (excludes halogenated alkanes) is 1. The van der Waals surface area contributed by atoms with E-state index >= 15 is 0 Å². The lowest BCUT2D eigenvalue weighted by atomic mass is 10.1. The summed E-state index contributed by atoms with van der Waals surface area (Å²) in [6.45, 7) is 4.12. The molecule has 0 aromatic rings. The van der Waals surface area contributed by atoms with Gasteiger partial charge in [-0.25, -0.2) is 0 Å². The summed E-state index contributed by atoms with van der Waals surface area (Å²) >= 11 is 0. The van der Waals surface area contributed by atoms with Crippen molar-refractivity contribution in [3.63, 3.8) is 0 Å². The molecule has 0 aliphatic rings. The summed E-state index contributed by atoms with van der Waals surface area (Å²) in [5, 5.41) is 9.26. The number of rotatable bonds is 5. The van der Waals surface area contributed by atoms with Crippen molar-refractivity contribution >= 4 is 0 Å². The number of allylic oxidation sites excluding steroid dienone is 1. The highest BCUT2D eigenvalue weighted by Gasteiger charge is 1.98. The molecule has 0 amide bonds. The second-order valence-electron chi connectivity index (χ2n) is 2.60. The van der Waals surface area contributed by atoms with Gasteiger partial charge in [0.2, 0.25) is 0 Å². The molecule has 0 spiro atoms. The molecule has 1 heteroatoms. The monoisotopic (exact) mass is 142 g/mol. The average molecular weight is 142 g/mol. The standard InChI is InChI=1S/C9H18O/c1-3-5-7-9(10)8-6-4-2/h3,5,9-10H,4,6-8H2,1-2H3. The molecule has 0 radical (unpaired) electrons. The van der Waals surface area contributed by atoms with E-state index in [0.29, 0.717) is 0 Å². The third-order valence-corrected chi connectivity index (χ3v) is 1.53. The van der Waals surface area contributed by atoms with Gasteiger partial charge in [0.1, 0.15) is 0 Å². The predicted molar refractivity (Wildman–Crippen MR) is 45.0 cm³/mol. The Kier molecular flexibility index (Phi) is 6.61. The van der Waals surface area contributed by atoms with Gasteiger partial charge < -0.3 is 5.11 Å². The van der Waals surface area contributed by atoms with Crippen LogP contribution in [0.1, 0.15) is 39.5 Å². The lowest BCUT2D eigenvalue weighted by molar-refractivity contribution is 0.164. The van der Waals surface area contributed by atoms with Crippen LogP contribution in [0.15, 0.2) is 12.2 Å². The van der Waals surface area contributed by atoms with Crippen LogP contribution >= 0.6 is 0 Å². The molecule has 1 atom stereocenters. The Morgan fingerprint density at radius 2 is 2.20 bits per heavy atom. The Balaban J connectivity index is 3.16. The van der Waals surface area contributed by atoms with E-state index < -0.39 is 0 Å². The molecule has 0 aromatic carbocycles. The van der Waals surface area contributed by atoms with Crippen molar-refractivity contribution in [1.29, 1.82) is 0 Å². The summed E-state index contributed by atoms with van der Waals surface area (Å²) in [4.78, 5) is 0. The minimum absolute atomic E-state index is 0.115. The molecule has 1 unspecified atom stereocenters. The Hall–Kier alpha value is -0.300. The smallest absolute Gasteiger partial charge is 0.0574 e. The maximum absolute atomic E-state index is 9.26. The van der Waals surface area contributed by atoms with Crippen molar-refractivity contribution in [2.45, 2.75) is 45.6 Å². The molecule has 0 saturated heterocycles. The molecule has 0 bridgehead atoms. The van der Waals surface area contributed by atoms with Gasteiger partial charge in [-0.05, 0) is 19.8 Å². The van der Waals surface area contributed by atoms with Crippen molar-refractivity contribution in [1.82, 2.24) is 0 Å². The zero-order valence-corrected chi connectivity index (χ0v) is 7.01. The van der Waals surface area contributed by atoms with E-state index in [0.717, 1.165) is 19.3 Å². The molecule has 60 valence electrons. The lowest BCUT2D eigenvalue weighted by Gasteiger charge is -2.04. The second kappa shape index (κ2) is 6.81. The fourth-order valence-electron chi connectivity index (χ4n) is 0.851. The van der Waals surface area contributed by atoms with E-state index in [1.54, 1.807) is 0 Å². The molecular formula is C9H18O. The first-order valence-corrected chi connectivity index (χ1v) is 4.10. The van der Waals surface area contributed by atoms with E-state index in [1.165, 1.54) is 6.42 Å². The third-order valence-electron chi connectivity index (χ3n) is 1.53. The first-order chi connectivity index (χ1) is 4.81. The van der Waals surface area contributed by atoms with E-state index in [-0.39, 0.29) is 6.10 Å². The Labute approximate surface area is 63.8 Å². The van der Waals surface area contributed by atoms with Crippen LogP contribution in [0.4, 0.5) is 0 Å². The molecule has 0 saturated carbocycles. The first kappa shape index (κ1) is 9.70. The van der Waals surface area contributed by atoms with Gasteiger partial charge in [-0.15, -0.1) is 0 Å². The summed E-state index contributed by atoms with van der Waals surface area (Å²) in [6.07, 6.45) is 7.95. The molecule has 10 heavy (non-hydrogen) atoms. The zero-order valence-electron chi connectivity index (χ0n) is 7.01. The summed E-state index contributed by atoms with van der Waals surface area (Å²) < 4.78 is 0. The average Bonchev–Trinajstić information content (AvgIpc) is 1.97. The molecule has 0 fully saturated rings. The van der Waals surface area contributed by atoms with Gasteiger partial charge in [-0.2, -0.15) is 0 Å². The number of aliphatic hydroxyl groups excluding tert-OH is 1. The van der Waals surface area contributed by atoms with Crippen molar-refractivity contribution in [3.8, 4) is 0 Å². The van der Waals surface area contributed by atoms with Gasteiger partial charge in [0.15, 0.2) is 0 Å². The molecule has 0 heterocycles. The maximum atomic E-state index is 9.26. The van der Waals surface area contributed by atoms with Crippen molar-refractivity contribution in [2.75, 3.05) is 0 Å². The van der Waals surface area contributed by atoms with Gasteiger partial charge in [0.25, 0.3) is 0 Å². The Bertz CT molecular complexity index is 86.7. The van der Waals surface area contributed by atoms with Crippen LogP contribution in [-0.4, -0.2) is 11.2 Å². The molecule has 0 aromatic heterocycles. The van der Waals surface area contributed by atoms with Crippen molar-refractivity contribution in [2.24, 2.45) is 0 Å². The van der Waals surface area contributed by atoms with Gasteiger partial charge in [0.05, 0.1) is 6.10 Å². The second-order valence-corrected chi connectivity index (χ2v) is 2.60. The minimum atomic E-state index is -0.115. The third kappa shape index (κ3) is 5.83. The highest BCUT2D eigenvalue weighted by Crippen LogP contribution is 2.04. The van der Waals surface area contributed by atoms with Crippen LogP contribution < -0.4 is 0 Å². The molecule has 0 aliphatic carbocycles. The molecule has 1 nitrogen and oxygen atoms in total. The van der Waals surface area contributed by atoms with Crippen LogP contribution in [0.25, 0.3) is 0 Å². The summed E-state index contributed by atoms with van der Waals surface area (Å²) in [6, 6.07) is 0. The number of hydrogen-bond acceptors (Lipinski definition) is 1. The van der Waals surface area contributed by atoms with Crippen LogP contribution in [0.5, 0.6) is 0 Å². The van der Waals surface area contributed by atoms with E-state index in [2.05, 4.69) is 6.92 Å². The lowest BCUT2D eigenvalue weighted by Crippen LogP contribution is -2.03. The van der Waals surface area contributed by atoms with Crippen LogP contribution in [-0.2, 0) is 0 Å². The predicted octanol–water partition coefficient (Wildman–Crippen LogP) is 2.50. The highest BCUT2D eigenvalue weighted by molar-refractivity contribution is 4.79. The van der Waals surface area contributed by atoms with Crippen LogP contribution in [0, 0.1) is 0 Å².